The zero-order valence-electron chi connectivity index (χ0n) is 14.0. The van der Waals surface area contributed by atoms with Gasteiger partial charge in [0.05, 0.1) is 12.1 Å². The first kappa shape index (κ1) is 18.0. The van der Waals surface area contributed by atoms with E-state index in [1.807, 2.05) is 30.5 Å². The van der Waals surface area contributed by atoms with Gasteiger partial charge < -0.3 is 15.0 Å². The number of pyridine rings is 1. The molecule has 0 aliphatic carbocycles. The SMILES string of the molecule is CCN(CC)CCOCCCNc1ccnc2cc(Cl)ccc12. The van der Waals surface area contributed by atoms with Crippen LogP contribution in [0.2, 0.25) is 5.02 Å². The first-order chi connectivity index (χ1) is 11.2. The van der Waals surface area contributed by atoms with Crippen molar-refractivity contribution in [2.45, 2.75) is 20.3 Å². The van der Waals surface area contributed by atoms with Gasteiger partial charge in [0, 0.05) is 42.0 Å². The minimum atomic E-state index is 0.712. The van der Waals surface area contributed by atoms with Gasteiger partial charge in [0.15, 0.2) is 0 Å². The Balaban J connectivity index is 1.71. The molecule has 0 aliphatic heterocycles. The van der Waals surface area contributed by atoms with E-state index in [0.29, 0.717) is 5.02 Å². The summed E-state index contributed by atoms with van der Waals surface area (Å²) in [4.78, 5) is 6.72. The third kappa shape index (κ3) is 5.65. The third-order valence-corrected chi connectivity index (χ3v) is 4.17. The molecule has 0 spiro atoms. The third-order valence-electron chi connectivity index (χ3n) is 3.93. The molecular formula is C18H26ClN3O. The fourth-order valence-electron chi connectivity index (χ4n) is 2.51. The van der Waals surface area contributed by atoms with Gasteiger partial charge in [-0.1, -0.05) is 25.4 Å². The Morgan fingerprint density at radius 2 is 2.00 bits per heavy atom. The van der Waals surface area contributed by atoms with E-state index in [9.17, 15) is 0 Å². The summed E-state index contributed by atoms with van der Waals surface area (Å²) < 4.78 is 5.70. The second kappa shape index (κ2) is 9.71. The lowest BCUT2D eigenvalue weighted by Gasteiger charge is -2.17. The van der Waals surface area contributed by atoms with Crippen LogP contribution in [0.5, 0.6) is 0 Å². The quantitative estimate of drug-likeness (QED) is 0.665. The average Bonchev–Trinajstić information content (AvgIpc) is 2.57. The van der Waals surface area contributed by atoms with Gasteiger partial charge in [0.1, 0.15) is 0 Å². The summed E-state index contributed by atoms with van der Waals surface area (Å²) in [5.41, 5.74) is 2.01. The molecule has 5 heteroatoms. The smallest absolute Gasteiger partial charge is 0.0737 e. The van der Waals surface area contributed by atoms with E-state index < -0.39 is 0 Å². The number of rotatable bonds is 10. The van der Waals surface area contributed by atoms with E-state index in [1.54, 1.807) is 0 Å². The lowest BCUT2D eigenvalue weighted by atomic mass is 10.2. The molecule has 4 nitrogen and oxygen atoms in total. The highest BCUT2D eigenvalue weighted by Crippen LogP contribution is 2.24. The van der Waals surface area contributed by atoms with Gasteiger partial charge >= 0.3 is 0 Å². The molecule has 1 N–H and O–H groups in total. The van der Waals surface area contributed by atoms with Gasteiger partial charge in [-0.3, -0.25) is 4.98 Å². The minimum Gasteiger partial charge on any atom is -0.384 e. The second-order valence-corrected chi connectivity index (χ2v) is 5.88. The van der Waals surface area contributed by atoms with Crippen molar-refractivity contribution in [3.8, 4) is 0 Å². The normalized spacial score (nSPS) is 11.3. The first-order valence-electron chi connectivity index (χ1n) is 8.32. The van der Waals surface area contributed by atoms with Crippen LogP contribution in [0.25, 0.3) is 10.9 Å². The monoisotopic (exact) mass is 335 g/mol. The number of halogens is 1. The summed E-state index contributed by atoms with van der Waals surface area (Å²) in [7, 11) is 0. The minimum absolute atomic E-state index is 0.712. The lowest BCUT2D eigenvalue weighted by molar-refractivity contribution is 0.107. The number of likely N-dealkylation sites (N-methyl/N-ethyl adjacent to an activating group) is 1. The molecule has 0 aliphatic rings. The van der Waals surface area contributed by atoms with Gasteiger partial charge in [-0.2, -0.15) is 0 Å². The number of nitrogens with one attached hydrogen (secondary N) is 1. The molecule has 0 radical (unpaired) electrons. The van der Waals surface area contributed by atoms with Crippen molar-refractivity contribution in [3.63, 3.8) is 0 Å². The molecule has 23 heavy (non-hydrogen) atoms. The standard InChI is InChI=1S/C18H26ClN3O/c1-3-22(4-2)11-13-23-12-5-9-20-17-8-10-21-18-14-15(19)6-7-16(17)18/h6-8,10,14H,3-5,9,11-13H2,1-2H3,(H,20,21). The van der Waals surface area contributed by atoms with Crippen molar-refractivity contribution in [1.82, 2.24) is 9.88 Å². The van der Waals surface area contributed by atoms with Crippen molar-refractivity contribution in [1.29, 1.82) is 0 Å². The molecule has 0 amide bonds. The van der Waals surface area contributed by atoms with E-state index >= 15 is 0 Å². The molecule has 1 aromatic heterocycles. The number of fused-ring (bicyclic) bond motifs is 1. The van der Waals surface area contributed by atoms with Crippen LogP contribution in [0, 0.1) is 0 Å². The highest BCUT2D eigenvalue weighted by Gasteiger charge is 2.02. The van der Waals surface area contributed by atoms with Crippen LogP contribution in [0.3, 0.4) is 0 Å². The molecule has 0 atom stereocenters. The maximum atomic E-state index is 6.01. The fraction of sp³-hybridized carbons (Fsp3) is 0.500. The zero-order valence-corrected chi connectivity index (χ0v) is 14.8. The van der Waals surface area contributed by atoms with E-state index in [-0.39, 0.29) is 0 Å². The van der Waals surface area contributed by atoms with Crippen molar-refractivity contribution in [3.05, 3.63) is 35.5 Å². The number of ether oxygens (including phenoxy) is 1. The number of hydrogen-bond donors (Lipinski definition) is 1. The van der Waals surface area contributed by atoms with Crippen molar-refractivity contribution in [2.24, 2.45) is 0 Å². The molecule has 2 rings (SSSR count). The number of aromatic nitrogens is 1. The lowest BCUT2D eigenvalue weighted by Crippen LogP contribution is -2.27. The summed E-state index contributed by atoms with van der Waals surface area (Å²) >= 11 is 6.01. The maximum absolute atomic E-state index is 6.01. The van der Waals surface area contributed by atoms with Crippen LogP contribution in [0.1, 0.15) is 20.3 Å². The fourth-order valence-corrected chi connectivity index (χ4v) is 2.67. The van der Waals surface area contributed by atoms with Gasteiger partial charge in [-0.05, 0) is 43.8 Å². The number of benzene rings is 1. The van der Waals surface area contributed by atoms with Crippen LogP contribution in [-0.2, 0) is 4.74 Å². The Morgan fingerprint density at radius 3 is 2.78 bits per heavy atom. The predicted molar refractivity (Wildman–Crippen MR) is 98.5 cm³/mol. The maximum Gasteiger partial charge on any atom is 0.0737 e. The van der Waals surface area contributed by atoms with Gasteiger partial charge in [0.25, 0.3) is 0 Å². The van der Waals surface area contributed by atoms with Crippen LogP contribution in [0.15, 0.2) is 30.5 Å². The molecule has 1 aromatic carbocycles. The van der Waals surface area contributed by atoms with Crippen LogP contribution in [-0.4, -0.2) is 49.3 Å². The predicted octanol–water partition coefficient (Wildman–Crippen LogP) is 4.05. The average molecular weight is 336 g/mol. The summed E-state index contributed by atoms with van der Waals surface area (Å²) in [5.74, 6) is 0. The van der Waals surface area contributed by atoms with Gasteiger partial charge in [-0.15, -0.1) is 0 Å². The summed E-state index contributed by atoms with van der Waals surface area (Å²) in [6.45, 7) is 10.0. The molecule has 0 fully saturated rings. The molecule has 2 aromatic rings. The molecule has 1 heterocycles. The van der Waals surface area contributed by atoms with Gasteiger partial charge in [0.2, 0.25) is 0 Å². The van der Waals surface area contributed by atoms with Crippen molar-refractivity contribution < 1.29 is 4.74 Å². The summed E-state index contributed by atoms with van der Waals surface area (Å²) in [6.07, 6.45) is 2.79. The molecule has 126 valence electrons. The highest BCUT2D eigenvalue weighted by molar-refractivity contribution is 6.31. The van der Waals surface area contributed by atoms with Crippen LogP contribution >= 0.6 is 11.6 Å². The van der Waals surface area contributed by atoms with Crippen LogP contribution < -0.4 is 5.32 Å². The number of hydrogen-bond acceptors (Lipinski definition) is 4. The molecule has 0 saturated heterocycles. The Morgan fingerprint density at radius 1 is 1.17 bits per heavy atom. The highest BCUT2D eigenvalue weighted by atomic mass is 35.5. The largest absolute Gasteiger partial charge is 0.384 e. The zero-order chi connectivity index (χ0) is 16.5. The summed E-state index contributed by atoms with van der Waals surface area (Å²) in [6, 6.07) is 7.79. The van der Waals surface area contributed by atoms with Crippen molar-refractivity contribution in [2.75, 3.05) is 44.7 Å². The van der Waals surface area contributed by atoms with E-state index in [4.69, 9.17) is 16.3 Å². The van der Waals surface area contributed by atoms with E-state index in [2.05, 4.69) is 29.0 Å². The Bertz CT molecular complexity index is 602. The van der Waals surface area contributed by atoms with E-state index in [0.717, 1.165) is 62.4 Å². The number of nitrogens with zero attached hydrogens (tertiary/aromatic N) is 2. The molecule has 0 unspecified atom stereocenters. The van der Waals surface area contributed by atoms with Crippen molar-refractivity contribution >= 4 is 28.2 Å². The molecule has 0 saturated carbocycles. The van der Waals surface area contributed by atoms with E-state index in [1.165, 1.54) is 0 Å². The molecular weight excluding hydrogens is 310 g/mol. The Hall–Kier alpha value is -1.36. The van der Waals surface area contributed by atoms with Crippen LogP contribution in [0.4, 0.5) is 5.69 Å². The molecule has 0 bridgehead atoms. The first-order valence-corrected chi connectivity index (χ1v) is 8.70. The second-order valence-electron chi connectivity index (χ2n) is 5.44. The Labute approximate surface area is 143 Å². The topological polar surface area (TPSA) is 37.4 Å². The Kier molecular flexibility index (Phi) is 7.59. The number of anilines is 1. The summed E-state index contributed by atoms with van der Waals surface area (Å²) in [5, 5.41) is 5.26. The van der Waals surface area contributed by atoms with Gasteiger partial charge in [-0.25, -0.2) is 0 Å².